The molecule has 0 fully saturated rings. The molecule has 100 valence electrons. The third kappa shape index (κ3) is 2.63. The molecule has 1 amide bonds. The van der Waals surface area contributed by atoms with Crippen molar-refractivity contribution in [2.75, 3.05) is 6.54 Å². The Labute approximate surface area is 114 Å². The lowest BCUT2D eigenvalue weighted by molar-refractivity contribution is -0.132. The molecule has 2 aromatic rings. The first-order chi connectivity index (χ1) is 9.22. The van der Waals surface area contributed by atoms with Crippen LogP contribution in [0.15, 0.2) is 16.9 Å². The van der Waals surface area contributed by atoms with Gasteiger partial charge in [0.25, 0.3) is 0 Å². The Morgan fingerprint density at radius 2 is 2.47 bits per heavy atom. The predicted molar refractivity (Wildman–Crippen MR) is 67.5 cm³/mol. The highest BCUT2D eigenvalue weighted by molar-refractivity contribution is 6.29. The number of nitrogens with zero attached hydrogens (tertiary/aromatic N) is 3. The number of fused-ring (bicyclic) bond motifs is 1. The summed E-state index contributed by atoms with van der Waals surface area (Å²) in [6, 6.07) is 1.64. The molecule has 3 rings (SSSR count). The zero-order chi connectivity index (χ0) is 13.2. The molecule has 0 radical (unpaired) electrons. The quantitative estimate of drug-likeness (QED) is 0.926. The van der Waals surface area contributed by atoms with Gasteiger partial charge in [0.05, 0.1) is 24.3 Å². The summed E-state index contributed by atoms with van der Waals surface area (Å²) in [6.45, 7) is 1.32. The maximum Gasteiger partial charge on any atom is 0.223 e. The molecule has 19 heavy (non-hydrogen) atoms. The number of hydrogen-bond acceptors (Lipinski definition) is 4. The molecule has 0 unspecified atom stereocenters. The number of rotatable bonds is 3. The van der Waals surface area contributed by atoms with Gasteiger partial charge in [-0.15, -0.1) is 0 Å². The van der Waals surface area contributed by atoms with Crippen LogP contribution in [0.5, 0.6) is 0 Å². The van der Waals surface area contributed by atoms with Crippen molar-refractivity contribution in [1.82, 2.24) is 20.0 Å². The lowest BCUT2D eigenvalue weighted by Gasteiger charge is -2.26. The van der Waals surface area contributed by atoms with E-state index in [9.17, 15) is 4.79 Å². The van der Waals surface area contributed by atoms with E-state index in [1.165, 1.54) is 0 Å². The number of nitrogens with one attached hydrogen (secondary N) is 1. The van der Waals surface area contributed by atoms with Gasteiger partial charge in [0.15, 0.2) is 5.15 Å². The van der Waals surface area contributed by atoms with Crippen molar-refractivity contribution >= 4 is 17.5 Å². The van der Waals surface area contributed by atoms with Crippen LogP contribution in [0.25, 0.3) is 0 Å². The third-order valence-electron chi connectivity index (χ3n) is 3.24. The molecular weight excluding hydrogens is 268 g/mol. The Hall–Kier alpha value is -1.82. The molecule has 1 N–H and O–H groups in total. The fraction of sp³-hybridized carbons (Fsp3) is 0.417. The molecule has 7 heteroatoms. The Morgan fingerprint density at radius 3 is 3.26 bits per heavy atom. The van der Waals surface area contributed by atoms with Gasteiger partial charge in [-0.2, -0.15) is 0 Å². The molecule has 2 aromatic heterocycles. The topological polar surface area (TPSA) is 75.0 Å². The van der Waals surface area contributed by atoms with Crippen molar-refractivity contribution in [2.24, 2.45) is 0 Å². The van der Waals surface area contributed by atoms with E-state index in [4.69, 9.17) is 16.1 Å². The second-order valence-corrected chi connectivity index (χ2v) is 4.90. The van der Waals surface area contributed by atoms with Crippen LogP contribution < -0.4 is 0 Å². The van der Waals surface area contributed by atoms with E-state index in [1.807, 2.05) is 4.90 Å². The minimum Gasteiger partial charge on any atom is -0.360 e. The highest BCUT2D eigenvalue weighted by Gasteiger charge is 2.22. The first-order valence-corrected chi connectivity index (χ1v) is 6.50. The SMILES string of the molecule is O=C(CCc1cc(Cl)no1)N1CCc2nc[nH]c2C1. The van der Waals surface area contributed by atoms with E-state index in [-0.39, 0.29) is 5.91 Å². The summed E-state index contributed by atoms with van der Waals surface area (Å²) in [5, 5.41) is 3.90. The zero-order valence-electron chi connectivity index (χ0n) is 10.2. The van der Waals surface area contributed by atoms with Crippen LogP contribution in [-0.4, -0.2) is 32.5 Å². The van der Waals surface area contributed by atoms with Crippen molar-refractivity contribution in [3.8, 4) is 0 Å². The van der Waals surface area contributed by atoms with Gasteiger partial charge in [-0.1, -0.05) is 16.8 Å². The van der Waals surface area contributed by atoms with Gasteiger partial charge >= 0.3 is 0 Å². The van der Waals surface area contributed by atoms with Crippen LogP contribution in [-0.2, 0) is 24.2 Å². The molecule has 0 saturated heterocycles. The van der Waals surface area contributed by atoms with Crippen LogP contribution in [0, 0.1) is 0 Å². The maximum atomic E-state index is 12.1. The smallest absolute Gasteiger partial charge is 0.223 e. The second-order valence-electron chi connectivity index (χ2n) is 4.51. The Kier molecular flexibility index (Phi) is 3.25. The first kappa shape index (κ1) is 12.2. The lowest BCUT2D eigenvalue weighted by Crippen LogP contribution is -2.36. The number of H-pyrrole nitrogens is 1. The van der Waals surface area contributed by atoms with Gasteiger partial charge in [0.1, 0.15) is 5.76 Å². The summed E-state index contributed by atoms with van der Waals surface area (Å²) in [5.74, 6) is 0.741. The van der Waals surface area contributed by atoms with Gasteiger partial charge in [-0.25, -0.2) is 4.98 Å². The summed E-state index contributed by atoms with van der Waals surface area (Å²) in [4.78, 5) is 21.2. The highest BCUT2D eigenvalue weighted by atomic mass is 35.5. The van der Waals surface area contributed by atoms with E-state index in [2.05, 4.69) is 15.1 Å². The number of amides is 1. The van der Waals surface area contributed by atoms with E-state index in [1.54, 1.807) is 12.4 Å². The minimum absolute atomic E-state index is 0.104. The summed E-state index contributed by atoms with van der Waals surface area (Å²) in [7, 11) is 0. The van der Waals surface area contributed by atoms with Crippen LogP contribution in [0.1, 0.15) is 23.6 Å². The Bertz CT molecular complexity index is 592. The van der Waals surface area contributed by atoms with Crippen LogP contribution in [0.4, 0.5) is 0 Å². The van der Waals surface area contributed by atoms with Gasteiger partial charge in [0.2, 0.25) is 5.91 Å². The van der Waals surface area contributed by atoms with Crippen molar-refractivity contribution < 1.29 is 9.32 Å². The standard InChI is InChI=1S/C12H13ClN4O2/c13-11-5-8(19-16-11)1-2-12(18)17-4-3-9-10(6-17)15-7-14-9/h5,7H,1-4,6H2,(H,14,15). The maximum absolute atomic E-state index is 12.1. The average Bonchev–Trinajstić information content (AvgIpc) is 3.03. The van der Waals surface area contributed by atoms with Crippen molar-refractivity contribution in [1.29, 1.82) is 0 Å². The van der Waals surface area contributed by atoms with E-state index >= 15 is 0 Å². The van der Waals surface area contributed by atoms with Crippen LogP contribution in [0.2, 0.25) is 5.15 Å². The summed E-state index contributed by atoms with van der Waals surface area (Å²) in [5.41, 5.74) is 2.09. The summed E-state index contributed by atoms with van der Waals surface area (Å²) >= 11 is 5.66. The average molecular weight is 281 g/mol. The number of hydrogen-bond donors (Lipinski definition) is 1. The van der Waals surface area contributed by atoms with E-state index < -0.39 is 0 Å². The molecule has 6 nitrogen and oxygen atoms in total. The zero-order valence-corrected chi connectivity index (χ0v) is 11.0. The van der Waals surface area contributed by atoms with Gasteiger partial charge < -0.3 is 14.4 Å². The van der Waals surface area contributed by atoms with E-state index in [0.717, 1.165) is 17.8 Å². The van der Waals surface area contributed by atoms with Crippen LogP contribution in [0.3, 0.4) is 0 Å². The normalized spacial score (nSPS) is 14.5. The second kappa shape index (κ2) is 5.05. The number of carbonyl (C=O) groups excluding carboxylic acids is 1. The minimum atomic E-state index is 0.104. The molecule has 0 saturated carbocycles. The molecule has 0 spiro atoms. The number of aromatic amines is 1. The monoisotopic (exact) mass is 280 g/mol. The van der Waals surface area contributed by atoms with Gasteiger partial charge in [-0.05, 0) is 0 Å². The molecule has 0 aromatic carbocycles. The number of halogens is 1. The van der Waals surface area contributed by atoms with Gasteiger partial charge in [-0.3, -0.25) is 4.79 Å². The van der Waals surface area contributed by atoms with Gasteiger partial charge in [0, 0.05) is 31.9 Å². The Morgan fingerprint density at radius 1 is 1.58 bits per heavy atom. The molecule has 1 aliphatic rings. The lowest BCUT2D eigenvalue weighted by atomic mass is 10.1. The molecule has 1 aliphatic heterocycles. The molecule has 0 atom stereocenters. The number of aryl methyl sites for hydroxylation is 1. The fourth-order valence-corrected chi connectivity index (χ4v) is 2.38. The van der Waals surface area contributed by atoms with E-state index in [0.29, 0.717) is 36.8 Å². The summed E-state index contributed by atoms with van der Waals surface area (Å²) < 4.78 is 4.98. The molecule has 0 aliphatic carbocycles. The van der Waals surface area contributed by atoms with Crippen molar-refractivity contribution in [3.63, 3.8) is 0 Å². The largest absolute Gasteiger partial charge is 0.360 e. The molecule has 3 heterocycles. The number of imidazole rings is 1. The first-order valence-electron chi connectivity index (χ1n) is 6.12. The number of aromatic nitrogens is 3. The highest BCUT2D eigenvalue weighted by Crippen LogP contribution is 2.17. The number of carbonyl (C=O) groups is 1. The van der Waals surface area contributed by atoms with Crippen molar-refractivity contribution in [2.45, 2.75) is 25.8 Å². The fourth-order valence-electron chi connectivity index (χ4n) is 2.22. The third-order valence-corrected chi connectivity index (χ3v) is 3.42. The molecule has 0 bridgehead atoms. The Balaban J connectivity index is 1.57. The predicted octanol–water partition coefficient (Wildman–Crippen LogP) is 1.57. The summed E-state index contributed by atoms with van der Waals surface area (Å²) in [6.07, 6.45) is 3.40. The van der Waals surface area contributed by atoms with Crippen LogP contribution >= 0.6 is 11.6 Å². The van der Waals surface area contributed by atoms with Crippen molar-refractivity contribution in [3.05, 3.63) is 34.7 Å². The molecular formula is C12H13ClN4O2.